The molecule has 0 atom stereocenters. The summed E-state index contributed by atoms with van der Waals surface area (Å²) in [6.07, 6.45) is 1.72. The second-order valence-electron chi connectivity index (χ2n) is 3.93. The highest BCUT2D eigenvalue weighted by molar-refractivity contribution is 9.10. The number of aromatic nitrogens is 3. The highest BCUT2D eigenvalue weighted by atomic mass is 79.9. The van der Waals surface area contributed by atoms with E-state index in [1.807, 2.05) is 31.2 Å². The number of hydrogen-bond donors (Lipinski definition) is 1. The van der Waals surface area contributed by atoms with Crippen molar-refractivity contribution in [1.29, 1.82) is 0 Å². The van der Waals surface area contributed by atoms with Crippen molar-refractivity contribution >= 4 is 44.7 Å². The summed E-state index contributed by atoms with van der Waals surface area (Å²) in [5.41, 5.74) is 1.61. The lowest BCUT2D eigenvalue weighted by molar-refractivity contribution is 0.489. The fraction of sp³-hybridized carbons (Fsp3) is 0.154. The monoisotopic (exact) mass is 350 g/mol. The van der Waals surface area contributed by atoms with Gasteiger partial charge in [-0.05, 0) is 46.7 Å². The molecular weight excluding hydrogens is 340 g/mol. The minimum atomic E-state index is 0.563. The lowest BCUT2D eigenvalue weighted by Gasteiger charge is -2.04. The Labute approximate surface area is 128 Å². The zero-order chi connectivity index (χ0) is 13.9. The first kappa shape index (κ1) is 13.4. The standard InChI is InChI=1S/C13H11BrN4OS/c1-2-15-12-16-7-8(14)11(18-12)20-13-17-9-5-3-4-6-10(9)19-13/h3-7H,2H2,1H3,(H,15,16,18). The van der Waals surface area contributed by atoms with Crippen molar-refractivity contribution in [3.8, 4) is 0 Å². The molecule has 0 saturated carbocycles. The van der Waals surface area contributed by atoms with Gasteiger partial charge in [0, 0.05) is 12.7 Å². The number of halogens is 1. The number of para-hydroxylation sites is 2. The predicted octanol–water partition coefficient (Wildman–Crippen LogP) is 3.96. The average molecular weight is 351 g/mol. The van der Waals surface area contributed by atoms with Gasteiger partial charge in [-0.1, -0.05) is 12.1 Å². The van der Waals surface area contributed by atoms with Crippen LogP contribution in [-0.2, 0) is 0 Å². The number of nitrogens with zero attached hydrogens (tertiary/aromatic N) is 3. The van der Waals surface area contributed by atoms with E-state index in [4.69, 9.17) is 4.42 Å². The van der Waals surface area contributed by atoms with E-state index in [2.05, 4.69) is 36.2 Å². The van der Waals surface area contributed by atoms with Crippen LogP contribution in [0.3, 0.4) is 0 Å². The van der Waals surface area contributed by atoms with Gasteiger partial charge in [0.2, 0.25) is 5.95 Å². The molecule has 0 radical (unpaired) electrons. The molecule has 1 N–H and O–H groups in total. The molecular formula is C13H11BrN4OS. The van der Waals surface area contributed by atoms with Crippen molar-refractivity contribution in [2.24, 2.45) is 0 Å². The Morgan fingerprint density at radius 2 is 2.15 bits per heavy atom. The maximum absolute atomic E-state index is 5.68. The molecule has 3 aromatic rings. The second-order valence-corrected chi connectivity index (χ2v) is 5.72. The van der Waals surface area contributed by atoms with Crippen LogP contribution in [0.25, 0.3) is 11.1 Å². The molecule has 0 aliphatic heterocycles. The van der Waals surface area contributed by atoms with E-state index >= 15 is 0 Å². The molecule has 5 nitrogen and oxygen atoms in total. The minimum absolute atomic E-state index is 0.563. The Hall–Kier alpha value is -1.60. The van der Waals surface area contributed by atoms with E-state index in [1.54, 1.807) is 6.20 Å². The Balaban J connectivity index is 1.91. The molecule has 0 amide bonds. The van der Waals surface area contributed by atoms with Gasteiger partial charge in [-0.15, -0.1) is 0 Å². The summed E-state index contributed by atoms with van der Waals surface area (Å²) in [6, 6.07) is 7.67. The molecule has 0 bridgehead atoms. The molecule has 102 valence electrons. The van der Waals surface area contributed by atoms with Crippen LogP contribution in [0.2, 0.25) is 0 Å². The molecule has 1 aromatic carbocycles. The highest BCUT2D eigenvalue weighted by Crippen LogP contribution is 2.33. The van der Waals surface area contributed by atoms with Gasteiger partial charge < -0.3 is 9.73 Å². The molecule has 0 fully saturated rings. The Kier molecular flexibility index (Phi) is 3.88. The lowest BCUT2D eigenvalue weighted by Crippen LogP contribution is -2.02. The first-order valence-electron chi connectivity index (χ1n) is 6.06. The molecule has 2 aromatic heterocycles. The summed E-state index contributed by atoms with van der Waals surface area (Å²) in [5, 5.41) is 4.41. The molecule has 3 rings (SSSR count). The first-order valence-corrected chi connectivity index (χ1v) is 7.67. The van der Waals surface area contributed by atoms with Gasteiger partial charge in [0.25, 0.3) is 5.22 Å². The third kappa shape index (κ3) is 2.78. The largest absolute Gasteiger partial charge is 0.431 e. The van der Waals surface area contributed by atoms with Crippen LogP contribution in [0.1, 0.15) is 6.92 Å². The molecule has 0 saturated heterocycles. The zero-order valence-corrected chi connectivity index (χ0v) is 13.0. The summed E-state index contributed by atoms with van der Waals surface area (Å²) in [7, 11) is 0. The third-order valence-corrected chi connectivity index (χ3v) is 4.20. The van der Waals surface area contributed by atoms with E-state index in [1.165, 1.54) is 11.8 Å². The van der Waals surface area contributed by atoms with Gasteiger partial charge in [0.1, 0.15) is 10.5 Å². The number of hydrogen-bond acceptors (Lipinski definition) is 6. The lowest BCUT2D eigenvalue weighted by atomic mass is 10.3. The van der Waals surface area contributed by atoms with E-state index in [-0.39, 0.29) is 0 Å². The summed E-state index contributed by atoms with van der Waals surface area (Å²) in [4.78, 5) is 13.0. The van der Waals surface area contributed by atoms with Crippen LogP contribution in [0.5, 0.6) is 0 Å². The molecule has 0 unspecified atom stereocenters. The molecule has 7 heteroatoms. The van der Waals surface area contributed by atoms with Gasteiger partial charge in [0.15, 0.2) is 5.58 Å². The summed E-state index contributed by atoms with van der Waals surface area (Å²) >= 11 is 4.80. The number of nitrogens with one attached hydrogen (secondary N) is 1. The van der Waals surface area contributed by atoms with Gasteiger partial charge in [-0.2, -0.15) is 0 Å². The summed E-state index contributed by atoms with van der Waals surface area (Å²) < 4.78 is 6.49. The minimum Gasteiger partial charge on any atom is -0.431 e. The van der Waals surface area contributed by atoms with Crippen molar-refractivity contribution in [3.63, 3.8) is 0 Å². The Morgan fingerprint density at radius 3 is 2.95 bits per heavy atom. The smallest absolute Gasteiger partial charge is 0.263 e. The first-order chi connectivity index (χ1) is 9.76. The predicted molar refractivity (Wildman–Crippen MR) is 82.0 cm³/mol. The van der Waals surface area contributed by atoms with Gasteiger partial charge in [-0.3, -0.25) is 0 Å². The van der Waals surface area contributed by atoms with E-state index in [0.717, 1.165) is 27.1 Å². The van der Waals surface area contributed by atoms with Crippen LogP contribution in [0.4, 0.5) is 5.95 Å². The molecule has 20 heavy (non-hydrogen) atoms. The van der Waals surface area contributed by atoms with Crippen LogP contribution in [0, 0.1) is 0 Å². The third-order valence-electron chi connectivity index (χ3n) is 2.51. The van der Waals surface area contributed by atoms with Gasteiger partial charge >= 0.3 is 0 Å². The Bertz CT molecular complexity index is 713. The van der Waals surface area contributed by atoms with Crippen LogP contribution < -0.4 is 5.32 Å². The van der Waals surface area contributed by atoms with Gasteiger partial charge in [-0.25, -0.2) is 15.0 Å². The number of anilines is 1. The topological polar surface area (TPSA) is 63.8 Å². The fourth-order valence-corrected chi connectivity index (χ4v) is 2.80. The van der Waals surface area contributed by atoms with Crippen LogP contribution in [0.15, 0.2) is 49.6 Å². The van der Waals surface area contributed by atoms with E-state index in [9.17, 15) is 0 Å². The number of benzene rings is 1. The molecule has 0 spiro atoms. The quantitative estimate of drug-likeness (QED) is 0.718. The van der Waals surface area contributed by atoms with Crippen LogP contribution >= 0.6 is 27.7 Å². The summed E-state index contributed by atoms with van der Waals surface area (Å²) in [6.45, 7) is 2.77. The van der Waals surface area contributed by atoms with E-state index < -0.39 is 0 Å². The van der Waals surface area contributed by atoms with Crippen molar-refractivity contribution in [2.45, 2.75) is 17.2 Å². The van der Waals surface area contributed by atoms with E-state index in [0.29, 0.717) is 11.2 Å². The maximum atomic E-state index is 5.68. The van der Waals surface area contributed by atoms with Crippen molar-refractivity contribution < 1.29 is 4.42 Å². The Morgan fingerprint density at radius 1 is 1.30 bits per heavy atom. The molecule has 0 aliphatic carbocycles. The van der Waals surface area contributed by atoms with Crippen molar-refractivity contribution in [1.82, 2.24) is 15.0 Å². The van der Waals surface area contributed by atoms with Gasteiger partial charge in [0.05, 0.1) is 4.47 Å². The number of fused-ring (bicyclic) bond motifs is 1. The molecule has 2 heterocycles. The number of oxazole rings is 1. The summed E-state index contributed by atoms with van der Waals surface area (Å²) in [5.74, 6) is 0.592. The van der Waals surface area contributed by atoms with Crippen molar-refractivity contribution in [3.05, 3.63) is 34.9 Å². The highest BCUT2D eigenvalue weighted by Gasteiger charge is 2.12. The fourth-order valence-electron chi connectivity index (χ4n) is 1.64. The maximum Gasteiger partial charge on any atom is 0.263 e. The molecule has 0 aliphatic rings. The number of rotatable bonds is 4. The zero-order valence-electron chi connectivity index (χ0n) is 10.6. The normalized spacial score (nSPS) is 10.9. The van der Waals surface area contributed by atoms with Crippen LogP contribution in [-0.4, -0.2) is 21.5 Å². The van der Waals surface area contributed by atoms with Crippen molar-refractivity contribution in [2.75, 3.05) is 11.9 Å². The average Bonchev–Trinajstić information content (AvgIpc) is 2.85. The SMILES string of the molecule is CCNc1ncc(Br)c(Sc2nc3ccccc3o2)n1. The second kappa shape index (κ2) is 5.80.